The van der Waals surface area contributed by atoms with Crippen molar-refractivity contribution in [3.8, 4) is 0 Å². The lowest BCUT2D eigenvalue weighted by molar-refractivity contribution is -0.303. The minimum Gasteiger partial charge on any atom is -0.548 e. The molecule has 1 rings (SSSR count). The van der Waals surface area contributed by atoms with Crippen LogP contribution in [0.4, 0.5) is 10.1 Å². The molecule has 0 unspecified atom stereocenters. The van der Waals surface area contributed by atoms with Gasteiger partial charge in [0.05, 0.1) is 18.2 Å². The van der Waals surface area contributed by atoms with Crippen LogP contribution in [0, 0.1) is 0 Å². The fraction of sp³-hybridized carbons (Fsp3) is 0.222. The van der Waals surface area contributed by atoms with Gasteiger partial charge in [-0.15, -0.1) is 0 Å². The molecule has 76 valence electrons. The number of anilines is 1. The fourth-order valence-electron chi connectivity index (χ4n) is 1.05. The minimum atomic E-state index is -1.28. The number of alkyl halides is 1. The van der Waals surface area contributed by atoms with Gasteiger partial charge in [-0.3, -0.25) is 0 Å². The lowest BCUT2D eigenvalue weighted by Crippen LogP contribution is -2.42. The summed E-state index contributed by atoms with van der Waals surface area (Å²) in [6, 6.07) is 6.29. The number of benzene rings is 1. The number of hydrogen-bond donors (Lipinski definition) is 1. The van der Waals surface area contributed by atoms with Crippen molar-refractivity contribution in [2.24, 2.45) is 5.84 Å². The van der Waals surface area contributed by atoms with Gasteiger partial charge in [-0.2, -0.15) is 0 Å². The molecule has 0 heterocycles. The molecule has 0 spiro atoms. The van der Waals surface area contributed by atoms with Crippen LogP contribution in [0.2, 0.25) is 0 Å². The first-order valence-corrected chi connectivity index (χ1v) is 4.00. The van der Waals surface area contributed by atoms with E-state index in [1.54, 1.807) is 18.2 Å². The highest BCUT2D eigenvalue weighted by Gasteiger charge is 2.02. The highest BCUT2D eigenvalue weighted by Crippen LogP contribution is 2.13. The first-order valence-electron chi connectivity index (χ1n) is 4.00. The van der Waals surface area contributed by atoms with Crippen LogP contribution in [0.1, 0.15) is 5.56 Å². The maximum absolute atomic E-state index is 12.2. The summed E-state index contributed by atoms with van der Waals surface area (Å²) >= 11 is 0. The van der Waals surface area contributed by atoms with E-state index in [2.05, 4.69) is 0 Å². The number of hydrogen-bond acceptors (Lipinski definition) is 4. The number of carboxylic acids is 1. The molecule has 0 amide bonds. The van der Waals surface area contributed by atoms with Crippen molar-refractivity contribution in [2.45, 2.75) is 6.67 Å². The van der Waals surface area contributed by atoms with E-state index in [0.717, 1.165) is 5.01 Å². The first kappa shape index (κ1) is 10.5. The molecule has 0 radical (unpaired) electrons. The van der Waals surface area contributed by atoms with Gasteiger partial charge in [0, 0.05) is 0 Å². The Morgan fingerprint density at radius 3 is 2.86 bits per heavy atom. The van der Waals surface area contributed by atoms with E-state index in [4.69, 9.17) is 5.84 Å². The van der Waals surface area contributed by atoms with Crippen molar-refractivity contribution in [1.82, 2.24) is 0 Å². The third kappa shape index (κ3) is 2.70. The SMILES string of the molecule is NN(CC(=O)[O-])c1cccc(CF)c1. The summed E-state index contributed by atoms with van der Waals surface area (Å²) in [5.74, 6) is 4.13. The average Bonchev–Trinajstić information content (AvgIpc) is 2.17. The topological polar surface area (TPSA) is 69.4 Å². The van der Waals surface area contributed by atoms with Gasteiger partial charge in [-0.25, -0.2) is 10.2 Å². The molecule has 0 fully saturated rings. The Kier molecular flexibility index (Phi) is 3.41. The summed E-state index contributed by atoms with van der Waals surface area (Å²) in [4.78, 5) is 10.2. The third-order valence-corrected chi connectivity index (χ3v) is 1.70. The van der Waals surface area contributed by atoms with Crippen LogP contribution in [-0.4, -0.2) is 12.5 Å². The zero-order valence-electron chi connectivity index (χ0n) is 7.44. The molecule has 0 saturated heterocycles. The van der Waals surface area contributed by atoms with Gasteiger partial charge >= 0.3 is 0 Å². The molecule has 14 heavy (non-hydrogen) atoms. The van der Waals surface area contributed by atoms with E-state index in [9.17, 15) is 14.3 Å². The van der Waals surface area contributed by atoms with Gasteiger partial charge in [-0.05, 0) is 17.7 Å². The zero-order valence-corrected chi connectivity index (χ0v) is 7.44. The summed E-state index contributed by atoms with van der Waals surface area (Å²) in [5.41, 5.74) is 0.903. The molecule has 0 saturated carbocycles. The number of carbonyl (C=O) groups excluding carboxylic acids is 1. The van der Waals surface area contributed by atoms with Gasteiger partial charge in [0.15, 0.2) is 0 Å². The van der Waals surface area contributed by atoms with E-state index in [1.165, 1.54) is 6.07 Å². The van der Waals surface area contributed by atoms with Crippen molar-refractivity contribution in [3.63, 3.8) is 0 Å². The predicted molar refractivity (Wildman–Crippen MR) is 47.8 cm³/mol. The number of rotatable bonds is 4. The standard InChI is InChI=1S/C9H11FN2O2/c10-5-7-2-1-3-8(4-7)12(11)6-9(13)14/h1-4H,5-6,11H2,(H,13,14)/p-1. The number of hydrazine groups is 1. The molecular formula is C9H10FN2O2-. The van der Waals surface area contributed by atoms with E-state index in [-0.39, 0.29) is 0 Å². The van der Waals surface area contributed by atoms with E-state index in [0.29, 0.717) is 11.3 Å². The van der Waals surface area contributed by atoms with Gasteiger partial charge < -0.3 is 14.9 Å². The number of nitrogens with zero attached hydrogens (tertiary/aromatic N) is 1. The molecule has 0 atom stereocenters. The van der Waals surface area contributed by atoms with Crippen LogP contribution in [0.25, 0.3) is 0 Å². The number of halogens is 1. The maximum Gasteiger partial charge on any atom is 0.115 e. The van der Waals surface area contributed by atoms with Gasteiger partial charge in [-0.1, -0.05) is 12.1 Å². The van der Waals surface area contributed by atoms with E-state index in [1.807, 2.05) is 0 Å². The zero-order chi connectivity index (χ0) is 10.6. The van der Waals surface area contributed by atoms with Crippen LogP contribution in [0.15, 0.2) is 24.3 Å². The Morgan fingerprint density at radius 2 is 2.29 bits per heavy atom. The fourth-order valence-corrected chi connectivity index (χ4v) is 1.05. The molecule has 4 nitrogen and oxygen atoms in total. The van der Waals surface area contributed by atoms with Gasteiger partial charge in [0.2, 0.25) is 0 Å². The second-order valence-corrected chi connectivity index (χ2v) is 2.80. The second-order valence-electron chi connectivity index (χ2n) is 2.80. The molecule has 0 aliphatic heterocycles. The van der Waals surface area contributed by atoms with Crippen molar-refractivity contribution >= 4 is 11.7 Å². The lowest BCUT2D eigenvalue weighted by atomic mass is 10.2. The summed E-state index contributed by atoms with van der Waals surface area (Å²) in [6.45, 7) is -1.03. The van der Waals surface area contributed by atoms with Crippen LogP contribution in [-0.2, 0) is 11.5 Å². The quantitative estimate of drug-likeness (QED) is 0.526. The molecule has 5 heteroatoms. The van der Waals surface area contributed by atoms with Crippen LogP contribution in [0.3, 0.4) is 0 Å². The molecular weight excluding hydrogens is 187 g/mol. The van der Waals surface area contributed by atoms with Crippen LogP contribution in [0.5, 0.6) is 0 Å². The summed E-state index contributed by atoms with van der Waals surface area (Å²) in [7, 11) is 0. The Balaban J connectivity index is 2.78. The van der Waals surface area contributed by atoms with E-state index >= 15 is 0 Å². The Bertz CT molecular complexity index is 330. The number of aliphatic carboxylic acids is 1. The molecule has 0 aliphatic rings. The first-order chi connectivity index (χ1) is 6.63. The molecule has 0 aliphatic carbocycles. The molecule has 0 bridgehead atoms. The third-order valence-electron chi connectivity index (χ3n) is 1.70. The monoisotopic (exact) mass is 197 g/mol. The van der Waals surface area contributed by atoms with Crippen molar-refractivity contribution in [1.29, 1.82) is 0 Å². The minimum absolute atomic E-state index is 0.421. The molecule has 1 aromatic rings. The van der Waals surface area contributed by atoms with Crippen molar-refractivity contribution < 1.29 is 14.3 Å². The van der Waals surface area contributed by atoms with Crippen molar-refractivity contribution in [2.75, 3.05) is 11.6 Å². The largest absolute Gasteiger partial charge is 0.548 e. The van der Waals surface area contributed by atoms with E-state index < -0.39 is 19.2 Å². The van der Waals surface area contributed by atoms with Crippen LogP contribution >= 0.6 is 0 Å². The smallest absolute Gasteiger partial charge is 0.115 e. The Hall–Kier alpha value is -1.62. The van der Waals surface area contributed by atoms with Crippen molar-refractivity contribution in [3.05, 3.63) is 29.8 Å². The Morgan fingerprint density at radius 1 is 1.57 bits per heavy atom. The average molecular weight is 197 g/mol. The molecule has 1 aromatic carbocycles. The number of carbonyl (C=O) groups is 1. The maximum atomic E-state index is 12.2. The summed E-state index contributed by atoms with van der Waals surface area (Å²) in [6.07, 6.45) is 0. The van der Waals surface area contributed by atoms with Gasteiger partial charge in [0.1, 0.15) is 6.67 Å². The number of nitrogens with two attached hydrogens (primary N) is 1. The Labute approximate surface area is 80.7 Å². The van der Waals surface area contributed by atoms with Gasteiger partial charge in [0.25, 0.3) is 0 Å². The molecule has 2 N–H and O–H groups in total. The predicted octanol–water partition coefficient (Wildman–Crippen LogP) is -0.414. The van der Waals surface area contributed by atoms with Crippen LogP contribution < -0.4 is 16.0 Å². The highest BCUT2D eigenvalue weighted by atomic mass is 19.1. The normalized spacial score (nSPS) is 9.86. The lowest BCUT2D eigenvalue weighted by Gasteiger charge is -2.19. The molecule has 0 aromatic heterocycles. The summed E-state index contributed by atoms with van der Waals surface area (Å²) < 4.78 is 12.2. The summed E-state index contributed by atoms with van der Waals surface area (Å²) in [5, 5.41) is 11.2. The number of carboxylic acid groups (broad SMARTS) is 1. The second kappa shape index (κ2) is 4.57. The highest BCUT2D eigenvalue weighted by molar-refractivity contribution is 5.71.